The number of carbonyl (C=O) groups is 2. The van der Waals surface area contributed by atoms with E-state index in [9.17, 15) is 9.59 Å². The van der Waals surface area contributed by atoms with Crippen molar-refractivity contribution in [2.75, 3.05) is 37.7 Å². The van der Waals surface area contributed by atoms with Crippen LogP contribution in [-0.2, 0) is 20.7 Å². The molecule has 3 aromatic rings. The highest BCUT2D eigenvalue weighted by atomic mass is 32.1. The van der Waals surface area contributed by atoms with E-state index in [4.69, 9.17) is 14.4 Å². The standard InChI is InChI=1S/C22H23N5O4S/c1-15-24-17(13-23)22(31-15)27-11-9-26(10-12-27)20(28)14-30-21(29)8-4-7-19-25-16-5-2-3-6-18(16)32-19/h2-3,5-6H,4,7-12,14H2,1H3. The lowest BCUT2D eigenvalue weighted by Crippen LogP contribution is -2.50. The Kier molecular flexibility index (Phi) is 6.66. The number of carbonyl (C=O) groups excluding carboxylic acids is 2. The molecule has 0 unspecified atom stereocenters. The molecule has 1 aromatic carbocycles. The smallest absolute Gasteiger partial charge is 0.306 e. The number of esters is 1. The van der Waals surface area contributed by atoms with Gasteiger partial charge in [-0.2, -0.15) is 5.26 Å². The Morgan fingerprint density at radius 3 is 2.75 bits per heavy atom. The molecule has 0 aliphatic carbocycles. The number of benzene rings is 1. The molecule has 166 valence electrons. The summed E-state index contributed by atoms with van der Waals surface area (Å²) >= 11 is 1.63. The second-order valence-corrected chi connectivity index (χ2v) is 8.57. The van der Waals surface area contributed by atoms with Crippen LogP contribution in [0.5, 0.6) is 0 Å². The van der Waals surface area contributed by atoms with Crippen molar-refractivity contribution < 1.29 is 18.7 Å². The predicted molar refractivity (Wildman–Crippen MR) is 118 cm³/mol. The molecule has 1 aliphatic rings. The predicted octanol–water partition coefficient (Wildman–Crippen LogP) is 2.68. The summed E-state index contributed by atoms with van der Waals surface area (Å²) in [5, 5.41) is 10.2. The molecular weight excluding hydrogens is 430 g/mol. The lowest BCUT2D eigenvalue weighted by atomic mass is 10.2. The summed E-state index contributed by atoms with van der Waals surface area (Å²) in [5.74, 6) is 0.272. The number of thiazole rings is 1. The molecule has 0 N–H and O–H groups in total. The molecular formula is C22H23N5O4S. The fourth-order valence-corrected chi connectivity index (χ4v) is 4.59. The molecule has 0 spiro atoms. The van der Waals surface area contributed by atoms with E-state index in [0.717, 1.165) is 15.2 Å². The molecule has 1 aliphatic heterocycles. The number of amides is 1. The van der Waals surface area contributed by atoms with E-state index >= 15 is 0 Å². The number of anilines is 1. The summed E-state index contributed by atoms with van der Waals surface area (Å²) < 4.78 is 11.8. The number of nitriles is 1. The highest BCUT2D eigenvalue weighted by Gasteiger charge is 2.26. The fraction of sp³-hybridized carbons (Fsp3) is 0.409. The van der Waals surface area contributed by atoms with Gasteiger partial charge in [0.2, 0.25) is 11.6 Å². The van der Waals surface area contributed by atoms with Gasteiger partial charge in [0.25, 0.3) is 5.91 Å². The Hall–Kier alpha value is -3.45. The molecule has 1 saturated heterocycles. The van der Waals surface area contributed by atoms with Crippen LogP contribution in [0.1, 0.15) is 29.4 Å². The number of hydrogen-bond acceptors (Lipinski definition) is 9. The zero-order valence-corrected chi connectivity index (χ0v) is 18.6. The van der Waals surface area contributed by atoms with Crippen molar-refractivity contribution in [3.8, 4) is 6.07 Å². The number of aryl methyl sites for hydroxylation is 2. The molecule has 32 heavy (non-hydrogen) atoms. The van der Waals surface area contributed by atoms with E-state index in [2.05, 4.69) is 9.97 Å². The Morgan fingerprint density at radius 2 is 2.00 bits per heavy atom. The number of aromatic nitrogens is 2. The molecule has 1 fully saturated rings. The number of nitrogens with zero attached hydrogens (tertiary/aromatic N) is 5. The molecule has 9 nitrogen and oxygen atoms in total. The molecule has 0 atom stereocenters. The number of para-hydroxylation sites is 1. The topological polar surface area (TPSA) is 113 Å². The maximum atomic E-state index is 12.4. The first-order chi connectivity index (χ1) is 15.5. The van der Waals surface area contributed by atoms with Gasteiger partial charge >= 0.3 is 5.97 Å². The van der Waals surface area contributed by atoms with Gasteiger partial charge in [-0.25, -0.2) is 9.97 Å². The summed E-state index contributed by atoms with van der Waals surface area (Å²) in [6, 6.07) is 9.98. The SMILES string of the molecule is Cc1nc(C#N)c(N2CCN(C(=O)COC(=O)CCCc3nc4ccccc4s3)CC2)o1. The average Bonchev–Trinajstić information content (AvgIpc) is 3.40. The first kappa shape index (κ1) is 21.8. The molecule has 0 bridgehead atoms. The van der Waals surface area contributed by atoms with E-state index in [0.29, 0.717) is 50.8 Å². The van der Waals surface area contributed by atoms with E-state index in [1.54, 1.807) is 23.2 Å². The van der Waals surface area contributed by atoms with Crippen molar-refractivity contribution in [1.29, 1.82) is 5.26 Å². The van der Waals surface area contributed by atoms with E-state index in [1.807, 2.05) is 35.2 Å². The van der Waals surface area contributed by atoms with E-state index in [1.165, 1.54) is 0 Å². The van der Waals surface area contributed by atoms with Gasteiger partial charge in [0.1, 0.15) is 6.07 Å². The third kappa shape index (κ3) is 5.06. The number of oxazole rings is 1. The molecule has 10 heteroatoms. The maximum absolute atomic E-state index is 12.4. The highest BCUT2D eigenvalue weighted by molar-refractivity contribution is 7.18. The molecule has 0 radical (unpaired) electrons. The van der Waals surface area contributed by atoms with Crippen LogP contribution in [0.3, 0.4) is 0 Å². The summed E-state index contributed by atoms with van der Waals surface area (Å²) in [4.78, 5) is 36.6. The molecule has 2 aromatic heterocycles. The van der Waals surface area contributed by atoms with Crippen LogP contribution in [0.15, 0.2) is 28.7 Å². The Balaban J connectivity index is 1.17. The minimum atomic E-state index is -0.381. The molecule has 4 rings (SSSR count). The van der Waals surface area contributed by atoms with Crippen LogP contribution in [-0.4, -0.2) is 59.5 Å². The molecule has 1 amide bonds. The van der Waals surface area contributed by atoms with Crippen molar-refractivity contribution in [3.05, 3.63) is 40.9 Å². The fourth-order valence-electron chi connectivity index (χ4n) is 3.58. The van der Waals surface area contributed by atoms with Crippen LogP contribution in [0.4, 0.5) is 5.88 Å². The quantitative estimate of drug-likeness (QED) is 0.502. The second kappa shape index (κ2) is 9.78. The highest BCUT2D eigenvalue weighted by Crippen LogP contribution is 2.23. The lowest BCUT2D eigenvalue weighted by Gasteiger charge is -2.34. The van der Waals surface area contributed by atoms with Gasteiger partial charge in [0.05, 0.1) is 15.2 Å². The van der Waals surface area contributed by atoms with Crippen LogP contribution in [0, 0.1) is 18.3 Å². The summed E-state index contributed by atoms with van der Waals surface area (Å²) in [6.07, 6.45) is 1.58. The van der Waals surface area contributed by atoms with Crippen LogP contribution < -0.4 is 4.90 Å². The number of piperazine rings is 1. The zero-order chi connectivity index (χ0) is 22.5. The van der Waals surface area contributed by atoms with Gasteiger partial charge < -0.3 is 19.0 Å². The second-order valence-electron chi connectivity index (χ2n) is 7.46. The van der Waals surface area contributed by atoms with E-state index in [-0.39, 0.29) is 30.6 Å². The van der Waals surface area contributed by atoms with Crippen molar-refractivity contribution in [3.63, 3.8) is 0 Å². The first-order valence-corrected chi connectivity index (χ1v) is 11.3. The Bertz CT molecular complexity index is 1120. The van der Waals surface area contributed by atoms with Gasteiger partial charge in [-0.1, -0.05) is 12.1 Å². The summed E-state index contributed by atoms with van der Waals surface area (Å²) in [7, 11) is 0. The number of rotatable bonds is 7. The lowest BCUT2D eigenvalue weighted by molar-refractivity contribution is -0.152. The van der Waals surface area contributed by atoms with Crippen LogP contribution in [0.25, 0.3) is 10.2 Å². The van der Waals surface area contributed by atoms with Crippen molar-refractivity contribution in [2.24, 2.45) is 0 Å². The van der Waals surface area contributed by atoms with Gasteiger partial charge in [-0.15, -0.1) is 11.3 Å². The van der Waals surface area contributed by atoms with Crippen molar-refractivity contribution in [2.45, 2.75) is 26.2 Å². The summed E-state index contributed by atoms with van der Waals surface area (Å²) in [6.45, 7) is 3.38. The van der Waals surface area contributed by atoms with Crippen LogP contribution in [0.2, 0.25) is 0 Å². The van der Waals surface area contributed by atoms with Gasteiger partial charge in [0.15, 0.2) is 12.5 Å². The Labute approximate surface area is 189 Å². The molecule has 0 saturated carbocycles. The first-order valence-electron chi connectivity index (χ1n) is 10.4. The van der Waals surface area contributed by atoms with Crippen molar-refractivity contribution >= 4 is 39.3 Å². The monoisotopic (exact) mass is 453 g/mol. The third-order valence-corrected chi connectivity index (χ3v) is 6.30. The molecule has 3 heterocycles. The number of ether oxygens (including phenoxy) is 1. The van der Waals surface area contributed by atoms with Gasteiger partial charge in [-0.05, 0) is 25.0 Å². The van der Waals surface area contributed by atoms with Gasteiger partial charge in [0, 0.05) is 39.5 Å². The summed E-state index contributed by atoms with van der Waals surface area (Å²) in [5.41, 5.74) is 1.23. The normalized spacial score (nSPS) is 13.9. The zero-order valence-electron chi connectivity index (χ0n) is 17.7. The largest absolute Gasteiger partial charge is 0.456 e. The maximum Gasteiger partial charge on any atom is 0.306 e. The Morgan fingerprint density at radius 1 is 1.22 bits per heavy atom. The number of hydrogen-bond donors (Lipinski definition) is 0. The van der Waals surface area contributed by atoms with Gasteiger partial charge in [-0.3, -0.25) is 9.59 Å². The number of fused-ring (bicyclic) bond motifs is 1. The van der Waals surface area contributed by atoms with Crippen molar-refractivity contribution in [1.82, 2.24) is 14.9 Å². The third-order valence-electron chi connectivity index (χ3n) is 5.21. The minimum Gasteiger partial charge on any atom is -0.456 e. The average molecular weight is 454 g/mol. The minimum absolute atomic E-state index is 0.224. The van der Waals surface area contributed by atoms with E-state index < -0.39 is 0 Å². The van der Waals surface area contributed by atoms with Crippen LogP contribution >= 0.6 is 11.3 Å².